The Morgan fingerprint density at radius 2 is 1.84 bits per heavy atom. The molecule has 0 spiro atoms. The second-order valence-electron chi connectivity index (χ2n) is 6.78. The summed E-state index contributed by atoms with van der Waals surface area (Å²) < 4.78 is 5.85. The highest BCUT2D eigenvalue weighted by atomic mass is 16.5. The topological polar surface area (TPSA) is 21.3 Å². The van der Waals surface area contributed by atoms with E-state index >= 15 is 0 Å². The Labute approximate surface area is 120 Å². The van der Waals surface area contributed by atoms with Gasteiger partial charge in [-0.25, -0.2) is 0 Å². The molecule has 1 aliphatic rings. The summed E-state index contributed by atoms with van der Waals surface area (Å²) in [5.74, 6) is 0.759. The van der Waals surface area contributed by atoms with Gasteiger partial charge in [-0.05, 0) is 50.0 Å². The molecule has 1 saturated carbocycles. The summed E-state index contributed by atoms with van der Waals surface area (Å²) in [6.45, 7) is 11.0. The van der Waals surface area contributed by atoms with Crippen LogP contribution < -0.4 is 5.32 Å². The molecule has 0 amide bonds. The second kappa shape index (κ2) is 9.77. The molecule has 1 rings (SSSR count). The Hall–Kier alpha value is -0.0800. The van der Waals surface area contributed by atoms with Crippen molar-refractivity contribution in [2.45, 2.75) is 72.1 Å². The van der Waals surface area contributed by atoms with Crippen molar-refractivity contribution in [1.29, 1.82) is 0 Å². The number of rotatable bonds is 10. The molecule has 0 atom stereocenters. The molecule has 0 heterocycles. The monoisotopic (exact) mass is 269 g/mol. The largest absolute Gasteiger partial charge is 0.381 e. The zero-order valence-electron chi connectivity index (χ0n) is 13.5. The highest BCUT2D eigenvalue weighted by Gasteiger charge is 2.31. The van der Waals surface area contributed by atoms with Crippen molar-refractivity contribution in [3.05, 3.63) is 0 Å². The standard InChI is InChI=1S/C17H35NO/c1-4-12-18-15-17(9-6-5-7-10-17)11-14-19-13-8-16(2)3/h16,18H,4-15H2,1-3H3. The summed E-state index contributed by atoms with van der Waals surface area (Å²) in [5.41, 5.74) is 0.533. The fourth-order valence-corrected chi connectivity index (χ4v) is 3.06. The molecule has 0 aromatic heterocycles. The minimum Gasteiger partial charge on any atom is -0.381 e. The van der Waals surface area contributed by atoms with Gasteiger partial charge in [0.15, 0.2) is 0 Å². The molecule has 0 bridgehead atoms. The molecular weight excluding hydrogens is 234 g/mol. The lowest BCUT2D eigenvalue weighted by molar-refractivity contribution is 0.0680. The fourth-order valence-electron chi connectivity index (χ4n) is 3.06. The molecule has 1 N–H and O–H groups in total. The van der Waals surface area contributed by atoms with Crippen molar-refractivity contribution in [1.82, 2.24) is 5.32 Å². The van der Waals surface area contributed by atoms with Crippen LogP contribution in [0.4, 0.5) is 0 Å². The third-order valence-electron chi connectivity index (χ3n) is 4.46. The molecule has 114 valence electrons. The van der Waals surface area contributed by atoms with E-state index in [1.54, 1.807) is 0 Å². The molecule has 2 nitrogen and oxygen atoms in total. The molecule has 0 aromatic carbocycles. The Bertz CT molecular complexity index is 209. The minimum absolute atomic E-state index is 0.533. The highest BCUT2D eigenvalue weighted by Crippen LogP contribution is 2.38. The molecular formula is C17H35NO. The van der Waals surface area contributed by atoms with Gasteiger partial charge in [0.1, 0.15) is 0 Å². The summed E-state index contributed by atoms with van der Waals surface area (Å²) >= 11 is 0. The van der Waals surface area contributed by atoms with E-state index in [-0.39, 0.29) is 0 Å². The Morgan fingerprint density at radius 1 is 1.11 bits per heavy atom. The van der Waals surface area contributed by atoms with Gasteiger partial charge in [0.2, 0.25) is 0 Å². The second-order valence-corrected chi connectivity index (χ2v) is 6.78. The van der Waals surface area contributed by atoms with Crippen molar-refractivity contribution in [3.63, 3.8) is 0 Å². The van der Waals surface area contributed by atoms with E-state index in [1.165, 1.54) is 57.9 Å². The molecule has 19 heavy (non-hydrogen) atoms. The van der Waals surface area contributed by atoms with Crippen LogP contribution in [0, 0.1) is 11.3 Å². The lowest BCUT2D eigenvalue weighted by Crippen LogP contribution is -2.37. The molecule has 1 fully saturated rings. The first-order chi connectivity index (χ1) is 9.18. The van der Waals surface area contributed by atoms with Gasteiger partial charge in [-0.3, -0.25) is 0 Å². The maximum absolute atomic E-state index is 5.85. The van der Waals surface area contributed by atoms with Crippen LogP contribution in [-0.4, -0.2) is 26.3 Å². The van der Waals surface area contributed by atoms with E-state index < -0.39 is 0 Å². The van der Waals surface area contributed by atoms with Gasteiger partial charge in [0.25, 0.3) is 0 Å². The van der Waals surface area contributed by atoms with Crippen molar-refractivity contribution < 1.29 is 4.74 Å². The molecule has 0 aliphatic heterocycles. The van der Waals surface area contributed by atoms with Crippen molar-refractivity contribution in [3.8, 4) is 0 Å². The van der Waals surface area contributed by atoms with E-state index in [0.717, 1.165) is 25.7 Å². The maximum atomic E-state index is 5.85. The first kappa shape index (κ1) is 17.0. The van der Waals surface area contributed by atoms with E-state index in [2.05, 4.69) is 26.1 Å². The van der Waals surface area contributed by atoms with Gasteiger partial charge in [-0.2, -0.15) is 0 Å². The number of hydrogen-bond acceptors (Lipinski definition) is 2. The third kappa shape index (κ3) is 7.31. The Kier molecular flexibility index (Phi) is 8.72. The zero-order valence-corrected chi connectivity index (χ0v) is 13.5. The number of hydrogen-bond donors (Lipinski definition) is 1. The van der Waals surface area contributed by atoms with Crippen LogP contribution in [0.3, 0.4) is 0 Å². The summed E-state index contributed by atoms with van der Waals surface area (Å²) in [6, 6.07) is 0. The quantitative estimate of drug-likeness (QED) is 0.594. The first-order valence-electron chi connectivity index (χ1n) is 8.47. The highest BCUT2D eigenvalue weighted by molar-refractivity contribution is 4.84. The van der Waals surface area contributed by atoms with Crippen LogP contribution in [0.2, 0.25) is 0 Å². The predicted octanol–water partition coefficient (Wildman–Crippen LogP) is 4.39. The Balaban J connectivity index is 2.24. The van der Waals surface area contributed by atoms with Gasteiger partial charge in [0.05, 0.1) is 0 Å². The van der Waals surface area contributed by atoms with E-state index in [1.807, 2.05) is 0 Å². The Morgan fingerprint density at radius 3 is 2.47 bits per heavy atom. The van der Waals surface area contributed by atoms with Gasteiger partial charge >= 0.3 is 0 Å². The van der Waals surface area contributed by atoms with Gasteiger partial charge < -0.3 is 10.1 Å². The lowest BCUT2D eigenvalue weighted by atomic mass is 9.72. The van der Waals surface area contributed by atoms with Crippen molar-refractivity contribution in [2.24, 2.45) is 11.3 Å². The molecule has 0 radical (unpaired) electrons. The fraction of sp³-hybridized carbons (Fsp3) is 1.00. The van der Waals surface area contributed by atoms with Crippen molar-refractivity contribution in [2.75, 3.05) is 26.3 Å². The SMILES string of the molecule is CCCNCC1(CCOCCC(C)C)CCCCC1. The van der Waals surface area contributed by atoms with E-state index in [0.29, 0.717) is 5.41 Å². The molecule has 2 heteroatoms. The maximum Gasteiger partial charge on any atom is 0.0471 e. The lowest BCUT2D eigenvalue weighted by Gasteiger charge is -2.37. The average molecular weight is 269 g/mol. The summed E-state index contributed by atoms with van der Waals surface area (Å²) in [4.78, 5) is 0. The zero-order chi connectivity index (χ0) is 14.0. The minimum atomic E-state index is 0.533. The molecule has 1 aliphatic carbocycles. The van der Waals surface area contributed by atoms with Crippen LogP contribution in [-0.2, 0) is 4.74 Å². The summed E-state index contributed by atoms with van der Waals surface area (Å²) in [5, 5.41) is 3.65. The van der Waals surface area contributed by atoms with E-state index in [4.69, 9.17) is 4.74 Å². The van der Waals surface area contributed by atoms with Gasteiger partial charge in [0, 0.05) is 19.8 Å². The van der Waals surface area contributed by atoms with Gasteiger partial charge in [-0.15, -0.1) is 0 Å². The number of ether oxygens (including phenoxy) is 1. The molecule has 0 unspecified atom stereocenters. The average Bonchev–Trinajstić information content (AvgIpc) is 2.39. The van der Waals surface area contributed by atoms with Crippen LogP contribution in [0.25, 0.3) is 0 Å². The van der Waals surface area contributed by atoms with Crippen molar-refractivity contribution >= 4 is 0 Å². The van der Waals surface area contributed by atoms with Crippen LogP contribution in [0.15, 0.2) is 0 Å². The smallest absolute Gasteiger partial charge is 0.0471 e. The van der Waals surface area contributed by atoms with Crippen LogP contribution in [0.1, 0.15) is 72.1 Å². The summed E-state index contributed by atoms with van der Waals surface area (Å²) in [7, 11) is 0. The van der Waals surface area contributed by atoms with E-state index in [9.17, 15) is 0 Å². The van der Waals surface area contributed by atoms with Crippen LogP contribution >= 0.6 is 0 Å². The molecule has 0 aromatic rings. The third-order valence-corrected chi connectivity index (χ3v) is 4.46. The predicted molar refractivity (Wildman–Crippen MR) is 83.6 cm³/mol. The normalized spacial score (nSPS) is 18.9. The molecule has 0 saturated heterocycles. The van der Waals surface area contributed by atoms with Gasteiger partial charge in [-0.1, -0.05) is 40.0 Å². The number of nitrogens with one attached hydrogen (secondary N) is 1. The van der Waals surface area contributed by atoms with Crippen LogP contribution in [0.5, 0.6) is 0 Å². The summed E-state index contributed by atoms with van der Waals surface area (Å²) in [6.07, 6.45) is 10.8. The first-order valence-corrected chi connectivity index (χ1v) is 8.47.